The molecule has 0 aliphatic carbocycles. The smallest absolute Gasteiger partial charge is 0.256 e. The lowest BCUT2D eigenvalue weighted by Gasteiger charge is -2.29. The highest BCUT2D eigenvalue weighted by atomic mass is 35.5. The molecule has 0 aliphatic rings. The number of benzene rings is 1. The zero-order chi connectivity index (χ0) is 20.3. The number of carbonyl (C=O) groups is 1. The maximum atomic E-state index is 12.9. The molecular weight excluding hydrogens is 366 g/mol. The molecule has 0 saturated heterocycles. The number of rotatable bonds is 13. The van der Waals surface area contributed by atoms with Gasteiger partial charge in [0.1, 0.15) is 17.5 Å². The maximum absolute atomic E-state index is 12.9. The highest BCUT2D eigenvalue weighted by Gasteiger charge is 2.33. The number of ether oxygens (including phenoxy) is 3. The van der Waals surface area contributed by atoms with Crippen LogP contribution in [0.5, 0.6) is 5.75 Å². The Bertz CT molecular complexity index is 581. The SMILES string of the molecule is CCCCC[C@@](C)(OCCC)C(=O)Nc1ccc(O[C@@H](C)COC)c(Cl)c1. The molecule has 0 unspecified atom stereocenters. The number of hydrogen-bond donors (Lipinski definition) is 1. The fraction of sp³-hybridized carbons (Fsp3) is 0.667. The van der Waals surface area contributed by atoms with Crippen LogP contribution in [0.1, 0.15) is 59.8 Å². The first-order valence-electron chi connectivity index (χ1n) is 9.76. The summed E-state index contributed by atoms with van der Waals surface area (Å²) >= 11 is 6.31. The predicted octanol–water partition coefficient (Wildman–Crippen LogP) is 5.46. The van der Waals surface area contributed by atoms with Gasteiger partial charge in [0.25, 0.3) is 5.91 Å². The zero-order valence-corrected chi connectivity index (χ0v) is 18.0. The second kappa shape index (κ2) is 12.2. The minimum Gasteiger partial charge on any atom is -0.487 e. The molecule has 0 heterocycles. The summed E-state index contributed by atoms with van der Waals surface area (Å²) in [6.07, 6.45) is 4.58. The summed E-state index contributed by atoms with van der Waals surface area (Å²) in [5, 5.41) is 3.38. The van der Waals surface area contributed by atoms with Crippen LogP contribution in [-0.2, 0) is 14.3 Å². The van der Waals surface area contributed by atoms with E-state index in [2.05, 4.69) is 12.2 Å². The van der Waals surface area contributed by atoms with Gasteiger partial charge in [-0.05, 0) is 44.9 Å². The number of nitrogens with one attached hydrogen (secondary N) is 1. The van der Waals surface area contributed by atoms with Crippen molar-refractivity contribution in [2.24, 2.45) is 0 Å². The fourth-order valence-corrected chi connectivity index (χ4v) is 2.94. The Balaban J connectivity index is 2.80. The van der Waals surface area contributed by atoms with Crippen molar-refractivity contribution in [1.82, 2.24) is 0 Å². The fourth-order valence-electron chi connectivity index (χ4n) is 2.71. The Morgan fingerprint density at radius 1 is 1.26 bits per heavy atom. The Morgan fingerprint density at radius 2 is 2.00 bits per heavy atom. The van der Waals surface area contributed by atoms with Crippen LogP contribution >= 0.6 is 11.6 Å². The molecule has 0 aromatic heterocycles. The number of unbranched alkanes of at least 4 members (excludes halogenated alkanes) is 2. The molecule has 2 atom stereocenters. The standard InChI is InChI=1S/C21H34ClNO4/c1-6-8-9-12-21(4,26-13-7-2)20(24)23-17-10-11-19(18(22)14-17)27-16(3)15-25-5/h10-11,14,16H,6-9,12-13,15H2,1-5H3,(H,23,24)/t16-,21+/m0/s1. The summed E-state index contributed by atoms with van der Waals surface area (Å²) in [6, 6.07) is 5.23. The zero-order valence-electron chi connectivity index (χ0n) is 17.3. The van der Waals surface area contributed by atoms with E-state index >= 15 is 0 Å². The number of carbonyl (C=O) groups excluding carboxylic acids is 1. The lowest BCUT2D eigenvalue weighted by molar-refractivity contribution is -0.140. The summed E-state index contributed by atoms with van der Waals surface area (Å²) in [5.41, 5.74) is -0.224. The molecular formula is C21H34ClNO4. The molecule has 0 saturated carbocycles. The molecule has 154 valence electrons. The van der Waals surface area contributed by atoms with Gasteiger partial charge in [0, 0.05) is 19.4 Å². The first-order valence-corrected chi connectivity index (χ1v) is 10.1. The minimum atomic E-state index is -0.847. The van der Waals surface area contributed by atoms with E-state index in [0.29, 0.717) is 36.1 Å². The van der Waals surface area contributed by atoms with Crippen LogP contribution in [0.4, 0.5) is 5.69 Å². The van der Waals surface area contributed by atoms with E-state index in [9.17, 15) is 4.79 Å². The second-order valence-corrected chi connectivity index (χ2v) is 7.43. The summed E-state index contributed by atoms with van der Waals surface area (Å²) in [4.78, 5) is 12.9. The van der Waals surface area contributed by atoms with Crippen molar-refractivity contribution >= 4 is 23.2 Å². The van der Waals surface area contributed by atoms with Crippen molar-refractivity contribution in [2.75, 3.05) is 25.6 Å². The van der Waals surface area contributed by atoms with Crippen LogP contribution in [0.15, 0.2) is 18.2 Å². The van der Waals surface area contributed by atoms with Crippen molar-refractivity contribution < 1.29 is 19.0 Å². The molecule has 1 rings (SSSR count). The Kier molecular flexibility index (Phi) is 10.7. The molecule has 0 spiro atoms. The molecule has 6 heteroatoms. The number of halogens is 1. The van der Waals surface area contributed by atoms with Gasteiger partial charge in [0.15, 0.2) is 0 Å². The maximum Gasteiger partial charge on any atom is 0.256 e. The van der Waals surface area contributed by atoms with Crippen molar-refractivity contribution in [3.8, 4) is 5.75 Å². The van der Waals surface area contributed by atoms with E-state index in [0.717, 1.165) is 25.7 Å². The minimum absolute atomic E-state index is 0.114. The topological polar surface area (TPSA) is 56.8 Å². The summed E-state index contributed by atoms with van der Waals surface area (Å²) < 4.78 is 16.7. The lowest BCUT2D eigenvalue weighted by atomic mass is 9.96. The van der Waals surface area contributed by atoms with Gasteiger partial charge in [-0.15, -0.1) is 0 Å². The number of amides is 1. The Hall–Kier alpha value is -1.30. The van der Waals surface area contributed by atoms with Crippen molar-refractivity contribution in [3.63, 3.8) is 0 Å². The van der Waals surface area contributed by atoms with E-state index in [1.54, 1.807) is 25.3 Å². The van der Waals surface area contributed by atoms with E-state index in [1.165, 1.54) is 0 Å². The summed E-state index contributed by atoms with van der Waals surface area (Å²) in [7, 11) is 1.62. The van der Waals surface area contributed by atoms with E-state index in [1.807, 2.05) is 20.8 Å². The van der Waals surface area contributed by atoms with Gasteiger partial charge in [-0.3, -0.25) is 4.79 Å². The van der Waals surface area contributed by atoms with Gasteiger partial charge < -0.3 is 19.5 Å². The highest BCUT2D eigenvalue weighted by molar-refractivity contribution is 6.32. The third-order valence-corrected chi connectivity index (χ3v) is 4.58. The molecule has 0 bridgehead atoms. The Labute approximate surface area is 168 Å². The van der Waals surface area contributed by atoms with Crippen molar-refractivity contribution in [2.45, 2.75) is 71.5 Å². The van der Waals surface area contributed by atoms with Crippen LogP contribution in [0, 0.1) is 0 Å². The lowest BCUT2D eigenvalue weighted by Crippen LogP contribution is -2.43. The Morgan fingerprint density at radius 3 is 2.59 bits per heavy atom. The van der Waals surface area contributed by atoms with Gasteiger partial charge >= 0.3 is 0 Å². The van der Waals surface area contributed by atoms with E-state index in [-0.39, 0.29) is 12.0 Å². The van der Waals surface area contributed by atoms with E-state index < -0.39 is 5.60 Å². The van der Waals surface area contributed by atoms with Crippen LogP contribution in [0.2, 0.25) is 5.02 Å². The van der Waals surface area contributed by atoms with Crippen LogP contribution in [-0.4, -0.2) is 37.9 Å². The molecule has 1 aromatic rings. The van der Waals surface area contributed by atoms with Crippen LogP contribution < -0.4 is 10.1 Å². The molecule has 1 amide bonds. The predicted molar refractivity (Wildman–Crippen MR) is 111 cm³/mol. The molecule has 1 aromatic carbocycles. The second-order valence-electron chi connectivity index (χ2n) is 7.02. The third-order valence-electron chi connectivity index (χ3n) is 4.28. The average Bonchev–Trinajstić information content (AvgIpc) is 2.62. The normalized spacial score (nSPS) is 14.4. The van der Waals surface area contributed by atoms with Crippen molar-refractivity contribution in [3.05, 3.63) is 23.2 Å². The highest BCUT2D eigenvalue weighted by Crippen LogP contribution is 2.30. The number of methoxy groups -OCH3 is 1. The van der Waals surface area contributed by atoms with Gasteiger partial charge in [-0.2, -0.15) is 0 Å². The van der Waals surface area contributed by atoms with Gasteiger partial charge in [-0.1, -0.05) is 44.7 Å². The molecule has 0 radical (unpaired) electrons. The number of hydrogen-bond acceptors (Lipinski definition) is 4. The largest absolute Gasteiger partial charge is 0.487 e. The van der Waals surface area contributed by atoms with Crippen molar-refractivity contribution in [1.29, 1.82) is 0 Å². The monoisotopic (exact) mass is 399 g/mol. The van der Waals surface area contributed by atoms with Gasteiger partial charge in [0.2, 0.25) is 0 Å². The van der Waals surface area contributed by atoms with E-state index in [4.69, 9.17) is 25.8 Å². The average molecular weight is 400 g/mol. The van der Waals surface area contributed by atoms with Gasteiger partial charge in [0.05, 0.1) is 11.6 Å². The number of anilines is 1. The van der Waals surface area contributed by atoms with Crippen LogP contribution in [0.25, 0.3) is 0 Å². The van der Waals surface area contributed by atoms with Gasteiger partial charge in [-0.25, -0.2) is 0 Å². The quantitative estimate of drug-likeness (QED) is 0.447. The molecule has 27 heavy (non-hydrogen) atoms. The molecule has 0 aliphatic heterocycles. The van der Waals surface area contributed by atoms with Crippen LogP contribution in [0.3, 0.4) is 0 Å². The first-order chi connectivity index (χ1) is 12.9. The first kappa shape index (κ1) is 23.7. The third kappa shape index (κ3) is 8.08. The molecule has 0 fully saturated rings. The summed E-state index contributed by atoms with van der Waals surface area (Å²) in [6.45, 7) is 8.97. The molecule has 1 N–H and O–H groups in total. The summed E-state index contributed by atoms with van der Waals surface area (Å²) in [5.74, 6) is 0.414. The molecule has 5 nitrogen and oxygen atoms in total.